The van der Waals surface area contributed by atoms with Crippen LogP contribution in [-0.4, -0.2) is 54.7 Å². The quantitative estimate of drug-likeness (QED) is 0.746. The van der Waals surface area contributed by atoms with E-state index in [0.29, 0.717) is 45.8 Å². The molecular weight excluding hydrogens is 380 g/mol. The Bertz CT molecular complexity index is 916. The van der Waals surface area contributed by atoms with Crippen LogP contribution in [0, 0.1) is 13.8 Å². The van der Waals surface area contributed by atoms with Crippen molar-refractivity contribution in [2.75, 3.05) is 26.3 Å². The van der Waals surface area contributed by atoms with E-state index in [2.05, 4.69) is 10.4 Å². The van der Waals surface area contributed by atoms with E-state index in [1.165, 1.54) is 4.31 Å². The van der Waals surface area contributed by atoms with Crippen LogP contribution in [0.2, 0.25) is 0 Å². The molecule has 0 unspecified atom stereocenters. The Balaban J connectivity index is 1.51. The molecule has 1 aliphatic heterocycles. The first-order valence-electron chi connectivity index (χ1n) is 9.31. The summed E-state index contributed by atoms with van der Waals surface area (Å²) in [6.45, 7) is 6.35. The average Bonchev–Trinajstić information content (AvgIpc) is 3.03. The van der Waals surface area contributed by atoms with E-state index in [4.69, 9.17) is 4.74 Å². The summed E-state index contributed by atoms with van der Waals surface area (Å²) in [6, 6.07) is 8.61. The van der Waals surface area contributed by atoms with E-state index < -0.39 is 10.0 Å². The molecule has 152 valence electrons. The van der Waals surface area contributed by atoms with Gasteiger partial charge in [-0.25, -0.2) is 8.42 Å². The molecule has 8 nitrogen and oxygen atoms in total. The van der Waals surface area contributed by atoms with Crippen molar-refractivity contribution in [3.63, 3.8) is 0 Å². The third-order valence-electron chi connectivity index (χ3n) is 4.67. The lowest BCUT2D eigenvalue weighted by molar-refractivity contribution is -0.121. The number of nitrogens with one attached hydrogen (secondary N) is 1. The molecule has 1 aromatic heterocycles. The zero-order valence-electron chi connectivity index (χ0n) is 16.2. The molecule has 9 heteroatoms. The Morgan fingerprint density at radius 1 is 1.18 bits per heavy atom. The molecule has 2 aromatic rings. The number of hydrogen-bond donors (Lipinski definition) is 1. The lowest BCUT2D eigenvalue weighted by atomic mass is 10.2. The van der Waals surface area contributed by atoms with Crippen molar-refractivity contribution in [2.24, 2.45) is 0 Å². The highest BCUT2D eigenvalue weighted by Gasteiger charge is 2.26. The Morgan fingerprint density at radius 2 is 1.86 bits per heavy atom. The predicted molar refractivity (Wildman–Crippen MR) is 104 cm³/mol. The summed E-state index contributed by atoms with van der Waals surface area (Å²) in [4.78, 5) is 12.3. The number of hydrogen-bond acceptors (Lipinski definition) is 5. The summed E-state index contributed by atoms with van der Waals surface area (Å²) >= 11 is 0. The molecule has 1 amide bonds. The van der Waals surface area contributed by atoms with E-state index >= 15 is 0 Å². The number of amides is 1. The van der Waals surface area contributed by atoms with Gasteiger partial charge in [-0.05, 0) is 37.6 Å². The maximum Gasteiger partial charge on any atom is 0.243 e. The molecule has 1 N–H and O–H groups in total. The van der Waals surface area contributed by atoms with Gasteiger partial charge >= 0.3 is 0 Å². The van der Waals surface area contributed by atoms with Crippen LogP contribution in [0.5, 0.6) is 0 Å². The number of rotatable bonds is 7. The number of sulfonamides is 1. The smallest absolute Gasteiger partial charge is 0.243 e. The van der Waals surface area contributed by atoms with Gasteiger partial charge in [-0.2, -0.15) is 9.40 Å². The summed E-state index contributed by atoms with van der Waals surface area (Å²) in [5.74, 6) is -0.0717. The van der Waals surface area contributed by atoms with Gasteiger partial charge in [0.1, 0.15) is 0 Å². The van der Waals surface area contributed by atoms with Gasteiger partial charge in [0.2, 0.25) is 15.9 Å². The van der Waals surface area contributed by atoms with Crippen LogP contribution >= 0.6 is 0 Å². The molecule has 0 saturated carbocycles. The topological polar surface area (TPSA) is 93.5 Å². The fourth-order valence-electron chi connectivity index (χ4n) is 3.11. The third kappa shape index (κ3) is 4.98. The molecule has 1 saturated heterocycles. The van der Waals surface area contributed by atoms with Crippen LogP contribution in [0.15, 0.2) is 35.2 Å². The van der Waals surface area contributed by atoms with E-state index in [-0.39, 0.29) is 10.8 Å². The van der Waals surface area contributed by atoms with Crippen molar-refractivity contribution >= 4 is 15.9 Å². The highest BCUT2D eigenvalue weighted by Crippen LogP contribution is 2.17. The molecule has 0 atom stereocenters. The number of carbonyl (C=O) groups excluding carboxylic acids is 1. The summed E-state index contributed by atoms with van der Waals surface area (Å²) < 4.78 is 33.7. The normalized spacial score (nSPS) is 15.5. The number of aromatic nitrogens is 2. The number of morpholine rings is 1. The molecule has 1 aromatic carbocycles. The molecule has 0 aliphatic carbocycles. The molecule has 1 aliphatic rings. The van der Waals surface area contributed by atoms with Crippen molar-refractivity contribution in [3.05, 3.63) is 47.3 Å². The minimum absolute atomic E-state index is 0.0717. The molecule has 28 heavy (non-hydrogen) atoms. The highest BCUT2D eigenvalue weighted by atomic mass is 32.2. The van der Waals surface area contributed by atoms with Crippen molar-refractivity contribution in [3.8, 4) is 0 Å². The SMILES string of the molecule is Cc1cc(C)n(CCC(=O)NCc2ccc(S(=O)(=O)N3CCOCC3)cc2)n1. The summed E-state index contributed by atoms with van der Waals surface area (Å²) in [5.41, 5.74) is 2.81. The van der Waals surface area contributed by atoms with Crippen LogP contribution in [0.3, 0.4) is 0 Å². The first-order chi connectivity index (χ1) is 13.4. The standard InChI is InChI=1S/C19H26N4O4S/c1-15-13-16(2)23(21-15)8-7-19(24)20-14-17-3-5-18(6-4-17)28(25,26)22-9-11-27-12-10-22/h3-6,13H,7-12,14H2,1-2H3,(H,20,24). The first kappa shape index (κ1) is 20.5. The van der Waals surface area contributed by atoms with E-state index in [0.717, 1.165) is 17.0 Å². The number of carbonyl (C=O) groups is 1. The van der Waals surface area contributed by atoms with Gasteiger partial charge in [0.05, 0.1) is 23.8 Å². The fourth-order valence-corrected chi connectivity index (χ4v) is 4.52. The van der Waals surface area contributed by atoms with Crippen LogP contribution < -0.4 is 5.32 Å². The van der Waals surface area contributed by atoms with Crippen LogP contribution in [0.4, 0.5) is 0 Å². The van der Waals surface area contributed by atoms with Gasteiger partial charge in [0.25, 0.3) is 0 Å². The number of nitrogens with zero attached hydrogens (tertiary/aromatic N) is 3. The van der Waals surface area contributed by atoms with Crippen molar-refractivity contribution < 1.29 is 17.9 Å². The van der Waals surface area contributed by atoms with Crippen molar-refractivity contribution in [2.45, 2.75) is 38.3 Å². The zero-order valence-corrected chi connectivity index (χ0v) is 17.0. The zero-order chi connectivity index (χ0) is 20.1. The van der Waals surface area contributed by atoms with Gasteiger partial charge in [0.15, 0.2) is 0 Å². The molecule has 0 radical (unpaired) electrons. The molecule has 0 bridgehead atoms. The largest absolute Gasteiger partial charge is 0.379 e. The Kier molecular flexibility index (Phi) is 6.48. The minimum Gasteiger partial charge on any atom is -0.379 e. The lowest BCUT2D eigenvalue weighted by Gasteiger charge is -2.26. The predicted octanol–water partition coefficient (Wildman–Crippen LogP) is 1.23. The Hall–Kier alpha value is -2.23. The fraction of sp³-hybridized carbons (Fsp3) is 0.474. The summed E-state index contributed by atoms with van der Waals surface area (Å²) in [6.07, 6.45) is 0.339. The maximum absolute atomic E-state index is 12.6. The average molecular weight is 407 g/mol. The molecule has 3 rings (SSSR count). The van der Waals surface area contributed by atoms with E-state index in [1.54, 1.807) is 24.3 Å². The number of ether oxygens (including phenoxy) is 1. The first-order valence-corrected chi connectivity index (χ1v) is 10.7. The second-order valence-electron chi connectivity index (χ2n) is 6.84. The van der Waals surface area contributed by atoms with Gasteiger partial charge in [-0.1, -0.05) is 12.1 Å². The summed E-state index contributed by atoms with van der Waals surface area (Å²) in [7, 11) is -3.50. The second-order valence-corrected chi connectivity index (χ2v) is 8.78. The molecule has 0 spiro atoms. The Morgan fingerprint density at radius 3 is 2.46 bits per heavy atom. The second kappa shape index (κ2) is 8.85. The van der Waals surface area contributed by atoms with Gasteiger partial charge in [0, 0.05) is 38.3 Å². The monoisotopic (exact) mass is 406 g/mol. The van der Waals surface area contributed by atoms with Crippen molar-refractivity contribution in [1.29, 1.82) is 0 Å². The highest BCUT2D eigenvalue weighted by molar-refractivity contribution is 7.89. The van der Waals surface area contributed by atoms with Gasteiger partial charge in [-0.3, -0.25) is 9.48 Å². The van der Waals surface area contributed by atoms with Gasteiger partial charge in [-0.15, -0.1) is 0 Å². The van der Waals surface area contributed by atoms with Crippen LogP contribution in [0.1, 0.15) is 23.4 Å². The minimum atomic E-state index is -3.50. The molecular formula is C19H26N4O4S. The van der Waals surface area contributed by atoms with Crippen LogP contribution in [-0.2, 0) is 32.6 Å². The van der Waals surface area contributed by atoms with Crippen molar-refractivity contribution in [1.82, 2.24) is 19.4 Å². The summed E-state index contributed by atoms with van der Waals surface area (Å²) in [5, 5.41) is 7.20. The third-order valence-corrected chi connectivity index (χ3v) is 6.59. The van der Waals surface area contributed by atoms with Crippen LogP contribution in [0.25, 0.3) is 0 Å². The van der Waals surface area contributed by atoms with E-state index in [1.807, 2.05) is 24.6 Å². The maximum atomic E-state index is 12.6. The van der Waals surface area contributed by atoms with E-state index in [9.17, 15) is 13.2 Å². The number of aryl methyl sites for hydroxylation is 3. The molecule has 2 heterocycles. The Labute approximate surface area is 165 Å². The number of benzene rings is 1. The van der Waals surface area contributed by atoms with Gasteiger partial charge < -0.3 is 10.1 Å². The molecule has 1 fully saturated rings. The lowest BCUT2D eigenvalue weighted by Crippen LogP contribution is -2.40.